The highest BCUT2D eigenvalue weighted by Crippen LogP contribution is 1.93. The van der Waals surface area contributed by atoms with Crippen LogP contribution in [-0.2, 0) is 13.6 Å². The summed E-state index contributed by atoms with van der Waals surface area (Å²) in [7, 11) is 5.88. The Morgan fingerprint density at radius 2 is 2.30 bits per heavy atom. The van der Waals surface area contributed by atoms with Gasteiger partial charge in [0.2, 0.25) is 0 Å². The minimum absolute atomic E-state index is 0.855. The van der Waals surface area contributed by atoms with Crippen LogP contribution in [0.2, 0.25) is 0 Å². The van der Waals surface area contributed by atoms with Crippen molar-refractivity contribution in [2.75, 3.05) is 14.1 Å². The normalized spacial score (nSPS) is 10.8. The van der Waals surface area contributed by atoms with E-state index in [9.17, 15) is 0 Å². The molecule has 0 unspecified atom stereocenters. The molecule has 0 bridgehead atoms. The topological polar surface area (TPSA) is 34.0 Å². The molecule has 0 aromatic carbocycles. The van der Waals surface area contributed by atoms with Gasteiger partial charge in [-0.3, -0.25) is 4.68 Å². The zero-order valence-electron chi connectivity index (χ0n) is 6.57. The summed E-state index contributed by atoms with van der Waals surface area (Å²) in [5, 5.41) is 7.74. The van der Waals surface area contributed by atoms with Crippen LogP contribution in [0.1, 0.15) is 5.69 Å². The van der Waals surface area contributed by atoms with Crippen LogP contribution in [-0.4, -0.2) is 34.0 Å². The Labute approximate surface area is 60.4 Å². The average molecular weight is 140 g/mol. The van der Waals surface area contributed by atoms with Crippen LogP contribution < -0.4 is 0 Å². The Bertz CT molecular complexity index is 203. The van der Waals surface area contributed by atoms with Gasteiger partial charge in [-0.1, -0.05) is 5.21 Å². The third-order valence-electron chi connectivity index (χ3n) is 1.13. The second-order valence-corrected chi connectivity index (χ2v) is 2.62. The summed E-state index contributed by atoms with van der Waals surface area (Å²) in [5.74, 6) is 0. The van der Waals surface area contributed by atoms with Gasteiger partial charge >= 0.3 is 0 Å². The number of aromatic nitrogens is 3. The van der Waals surface area contributed by atoms with Gasteiger partial charge in [-0.15, -0.1) is 5.10 Å². The zero-order valence-corrected chi connectivity index (χ0v) is 6.57. The first kappa shape index (κ1) is 7.21. The molecule has 10 heavy (non-hydrogen) atoms. The molecular weight excluding hydrogens is 128 g/mol. The Morgan fingerprint density at radius 3 is 2.70 bits per heavy atom. The van der Waals surface area contributed by atoms with E-state index in [-0.39, 0.29) is 0 Å². The number of hydrogen-bond acceptors (Lipinski definition) is 3. The molecule has 0 spiro atoms. The monoisotopic (exact) mass is 140 g/mol. The van der Waals surface area contributed by atoms with Crippen molar-refractivity contribution in [2.24, 2.45) is 7.05 Å². The Hall–Kier alpha value is -0.900. The van der Waals surface area contributed by atoms with Crippen molar-refractivity contribution < 1.29 is 0 Å². The Morgan fingerprint density at radius 1 is 1.60 bits per heavy atom. The molecule has 0 saturated heterocycles. The molecule has 56 valence electrons. The van der Waals surface area contributed by atoms with Gasteiger partial charge in [0.25, 0.3) is 0 Å². The minimum Gasteiger partial charge on any atom is -0.303 e. The van der Waals surface area contributed by atoms with Crippen molar-refractivity contribution in [1.29, 1.82) is 0 Å². The zero-order chi connectivity index (χ0) is 7.56. The molecule has 0 fully saturated rings. The second-order valence-electron chi connectivity index (χ2n) is 2.62. The minimum atomic E-state index is 0.855. The molecule has 0 amide bonds. The van der Waals surface area contributed by atoms with E-state index in [1.165, 1.54) is 0 Å². The van der Waals surface area contributed by atoms with Crippen molar-refractivity contribution in [2.45, 2.75) is 6.54 Å². The SMILES string of the molecule is CN(C)Cc1cn(C)nn1. The average Bonchev–Trinajstić information content (AvgIpc) is 2.13. The summed E-state index contributed by atoms with van der Waals surface area (Å²) >= 11 is 0. The lowest BCUT2D eigenvalue weighted by atomic mass is 10.4. The second kappa shape index (κ2) is 2.79. The van der Waals surface area contributed by atoms with Crippen molar-refractivity contribution in [3.8, 4) is 0 Å². The maximum Gasteiger partial charge on any atom is 0.0966 e. The molecular formula is C6H12N4. The smallest absolute Gasteiger partial charge is 0.0966 e. The van der Waals surface area contributed by atoms with Gasteiger partial charge in [0.1, 0.15) is 0 Å². The summed E-state index contributed by atoms with van der Waals surface area (Å²) in [6.45, 7) is 0.855. The number of nitrogens with zero attached hydrogens (tertiary/aromatic N) is 4. The number of aryl methyl sites for hydroxylation is 1. The van der Waals surface area contributed by atoms with E-state index in [0.29, 0.717) is 0 Å². The molecule has 0 saturated carbocycles. The van der Waals surface area contributed by atoms with Crippen LogP contribution in [0.15, 0.2) is 6.20 Å². The Kier molecular flexibility index (Phi) is 2.01. The molecule has 0 aliphatic heterocycles. The van der Waals surface area contributed by atoms with Crippen LogP contribution in [0.3, 0.4) is 0 Å². The van der Waals surface area contributed by atoms with Crippen LogP contribution in [0.5, 0.6) is 0 Å². The van der Waals surface area contributed by atoms with E-state index in [2.05, 4.69) is 15.2 Å². The first-order valence-electron chi connectivity index (χ1n) is 3.18. The largest absolute Gasteiger partial charge is 0.303 e. The fourth-order valence-corrected chi connectivity index (χ4v) is 0.792. The molecule has 1 aromatic rings. The van der Waals surface area contributed by atoms with Gasteiger partial charge in [-0.25, -0.2) is 0 Å². The fourth-order valence-electron chi connectivity index (χ4n) is 0.792. The van der Waals surface area contributed by atoms with Crippen LogP contribution in [0, 0.1) is 0 Å². The van der Waals surface area contributed by atoms with Gasteiger partial charge in [0, 0.05) is 19.8 Å². The van der Waals surface area contributed by atoms with Crippen molar-refractivity contribution in [3.05, 3.63) is 11.9 Å². The highest BCUT2D eigenvalue weighted by molar-refractivity contribution is 4.90. The molecule has 4 nitrogen and oxygen atoms in total. The van der Waals surface area contributed by atoms with Gasteiger partial charge in [0.15, 0.2) is 0 Å². The first-order valence-corrected chi connectivity index (χ1v) is 3.18. The molecule has 4 heteroatoms. The van der Waals surface area contributed by atoms with Gasteiger partial charge < -0.3 is 4.90 Å². The summed E-state index contributed by atoms with van der Waals surface area (Å²) in [5.41, 5.74) is 1.01. The molecule has 1 aromatic heterocycles. The lowest BCUT2D eigenvalue weighted by Gasteiger charge is -2.04. The maximum absolute atomic E-state index is 3.93. The molecule has 0 radical (unpaired) electrons. The lowest BCUT2D eigenvalue weighted by Crippen LogP contribution is -2.10. The standard InChI is InChI=1S/C6H12N4/c1-9(2)4-6-5-10(3)8-7-6/h5H,4H2,1-3H3. The summed E-state index contributed by atoms with van der Waals surface area (Å²) in [6.07, 6.45) is 1.92. The van der Waals surface area contributed by atoms with E-state index in [1.54, 1.807) is 4.68 Å². The van der Waals surface area contributed by atoms with Crippen LogP contribution in [0.25, 0.3) is 0 Å². The third-order valence-corrected chi connectivity index (χ3v) is 1.13. The third kappa shape index (κ3) is 1.80. The number of rotatable bonds is 2. The summed E-state index contributed by atoms with van der Waals surface area (Å²) in [6, 6.07) is 0. The molecule has 0 N–H and O–H groups in total. The molecule has 1 heterocycles. The summed E-state index contributed by atoms with van der Waals surface area (Å²) < 4.78 is 1.71. The van der Waals surface area contributed by atoms with Gasteiger partial charge in [0.05, 0.1) is 5.69 Å². The van der Waals surface area contributed by atoms with Gasteiger partial charge in [-0.2, -0.15) is 0 Å². The predicted octanol–water partition coefficient (Wildman–Crippen LogP) is -0.123. The van der Waals surface area contributed by atoms with Crippen molar-refractivity contribution in [3.63, 3.8) is 0 Å². The molecule has 0 aliphatic carbocycles. The van der Waals surface area contributed by atoms with Crippen LogP contribution >= 0.6 is 0 Å². The molecule has 1 rings (SSSR count). The van der Waals surface area contributed by atoms with Gasteiger partial charge in [-0.05, 0) is 14.1 Å². The predicted molar refractivity (Wildman–Crippen MR) is 38.4 cm³/mol. The van der Waals surface area contributed by atoms with E-state index < -0.39 is 0 Å². The fraction of sp³-hybridized carbons (Fsp3) is 0.667. The lowest BCUT2D eigenvalue weighted by molar-refractivity contribution is 0.396. The summed E-state index contributed by atoms with van der Waals surface area (Å²) in [4.78, 5) is 2.06. The van der Waals surface area contributed by atoms with Crippen molar-refractivity contribution in [1.82, 2.24) is 19.9 Å². The van der Waals surface area contributed by atoms with E-state index >= 15 is 0 Å². The highest BCUT2D eigenvalue weighted by Gasteiger charge is 1.97. The van der Waals surface area contributed by atoms with E-state index in [0.717, 1.165) is 12.2 Å². The quantitative estimate of drug-likeness (QED) is 0.574. The highest BCUT2D eigenvalue weighted by atomic mass is 15.4. The maximum atomic E-state index is 3.93. The molecule has 0 atom stereocenters. The van der Waals surface area contributed by atoms with Crippen LogP contribution in [0.4, 0.5) is 0 Å². The van der Waals surface area contributed by atoms with E-state index in [1.807, 2.05) is 27.3 Å². The van der Waals surface area contributed by atoms with E-state index in [4.69, 9.17) is 0 Å². The van der Waals surface area contributed by atoms with Crippen molar-refractivity contribution >= 4 is 0 Å². The molecule has 0 aliphatic rings. The first-order chi connectivity index (χ1) is 4.68. The number of hydrogen-bond donors (Lipinski definition) is 0. The Balaban J connectivity index is 2.58.